The van der Waals surface area contributed by atoms with Crippen molar-refractivity contribution in [2.45, 2.75) is 64.1 Å². The molecule has 0 unspecified atom stereocenters. The first-order chi connectivity index (χ1) is 22.7. The molecule has 1 N–H and O–H groups in total. The summed E-state index contributed by atoms with van der Waals surface area (Å²) in [5.74, 6) is -0.184. The minimum absolute atomic E-state index is 0.0206. The van der Waals surface area contributed by atoms with Crippen molar-refractivity contribution in [1.29, 1.82) is 0 Å². The minimum Gasteiger partial charge on any atom is -0.493 e. The molecule has 0 saturated carbocycles. The van der Waals surface area contributed by atoms with Crippen molar-refractivity contribution in [2.75, 3.05) is 25.1 Å². The molecular weight excluding hydrogens is 627 g/mol. The fourth-order valence-electron chi connectivity index (χ4n) is 5.36. The highest BCUT2D eigenvalue weighted by molar-refractivity contribution is 7.92. The summed E-state index contributed by atoms with van der Waals surface area (Å²) in [6, 6.07) is 27.3. The molecule has 9 nitrogen and oxygen atoms in total. The maximum atomic E-state index is 14.7. The number of sulfonamides is 1. The van der Waals surface area contributed by atoms with Crippen molar-refractivity contribution >= 4 is 27.5 Å². The first-order valence-electron chi connectivity index (χ1n) is 15.7. The Morgan fingerprint density at radius 2 is 1.42 bits per heavy atom. The van der Waals surface area contributed by atoms with Crippen molar-refractivity contribution in [2.24, 2.45) is 0 Å². The molecule has 0 saturated heterocycles. The van der Waals surface area contributed by atoms with Crippen LogP contribution in [-0.4, -0.2) is 57.5 Å². The van der Waals surface area contributed by atoms with E-state index in [2.05, 4.69) is 5.32 Å². The maximum absolute atomic E-state index is 14.7. The molecule has 10 heteroatoms. The largest absolute Gasteiger partial charge is 0.493 e. The van der Waals surface area contributed by atoms with Gasteiger partial charge in [0.05, 0.1) is 24.8 Å². The Bertz CT molecular complexity index is 1820. The summed E-state index contributed by atoms with van der Waals surface area (Å²) in [6.45, 7) is 8.96. The Hall–Kier alpha value is -4.83. The number of amides is 2. The van der Waals surface area contributed by atoms with E-state index in [0.717, 1.165) is 26.6 Å². The number of hydrogen-bond donors (Lipinski definition) is 1. The molecule has 254 valence electrons. The number of nitrogens with zero attached hydrogens (tertiary/aromatic N) is 2. The Morgan fingerprint density at radius 3 is 2.02 bits per heavy atom. The van der Waals surface area contributed by atoms with Gasteiger partial charge in [-0.05, 0) is 70.0 Å². The highest BCUT2D eigenvalue weighted by Crippen LogP contribution is 2.34. The van der Waals surface area contributed by atoms with Gasteiger partial charge in [-0.25, -0.2) is 8.42 Å². The predicted octanol–water partition coefficient (Wildman–Crippen LogP) is 6.07. The van der Waals surface area contributed by atoms with Crippen LogP contribution in [0, 0.1) is 13.8 Å². The number of carbonyl (C=O) groups excluding carboxylic acids is 2. The van der Waals surface area contributed by atoms with Gasteiger partial charge in [-0.2, -0.15) is 0 Å². The number of anilines is 1. The van der Waals surface area contributed by atoms with Gasteiger partial charge in [0.2, 0.25) is 11.8 Å². The summed E-state index contributed by atoms with van der Waals surface area (Å²) in [4.78, 5) is 30.3. The maximum Gasteiger partial charge on any atom is 0.264 e. The Morgan fingerprint density at radius 1 is 0.771 bits per heavy atom. The van der Waals surface area contributed by atoms with E-state index in [1.807, 2.05) is 89.2 Å². The van der Waals surface area contributed by atoms with Gasteiger partial charge in [-0.15, -0.1) is 0 Å². The monoisotopic (exact) mass is 671 g/mol. The summed E-state index contributed by atoms with van der Waals surface area (Å²) >= 11 is 0. The fraction of sp³-hybridized carbons (Fsp3) is 0.316. The van der Waals surface area contributed by atoms with Crippen LogP contribution >= 0.6 is 0 Å². The minimum atomic E-state index is -4.27. The molecule has 4 aromatic carbocycles. The number of benzene rings is 4. The van der Waals surface area contributed by atoms with E-state index in [1.165, 1.54) is 37.3 Å². The molecule has 2 amide bonds. The molecular formula is C38H45N3O6S. The van der Waals surface area contributed by atoms with Gasteiger partial charge in [-0.1, -0.05) is 77.9 Å². The summed E-state index contributed by atoms with van der Waals surface area (Å²) in [7, 11) is -1.33. The van der Waals surface area contributed by atoms with Crippen molar-refractivity contribution in [3.63, 3.8) is 0 Å². The zero-order valence-corrected chi connectivity index (χ0v) is 29.5. The molecule has 0 aliphatic heterocycles. The topological polar surface area (TPSA) is 105 Å². The molecule has 0 radical (unpaired) electrons. The average Bonchev–Trinajstić information content (AvgIpc) is 3.04. The second-order valence-corrected chi connectivity index (χ2v) is 14.7. The van der Waals surface area contributed by atoms with Crippen LogP contribution in [0.1, 0.15) is 43.0 Å². The van der Waals surface area contributed by atoms with Crippen molar-refractivity contribution in [1.82, 2.24) is 10.2 Å². The van der Waals surface area contributed by atoms with Crippen LogP contribution < -0.4 is 19.1 Å². The highest BCUT2D eigenvalue weighted by atomic mass is 32.2. The van der Waals surface area contributed by atoms with E-state index < -0.39 is 34.1 Å². The second kappa shape index (κ2) is 15.4. The second-order valence-electron chi connectivity index (χ2n) is 12.8. The lowest BCUT2D eigenvalue weighted by Crippen LogP contribution is -2.56. The van der Waals surface area contributed by atoms with Gasteiger partial charge >= 0.3 is 0 Å². The third kappa shape index (κ3) is 9.16. The van der Waals surface area contributed by atoms with E-state index in [4.69, 9.17) is 9.47 Å². The average molecular weight is 672 g/mol. The van der Waals surface area contributed by atoms with Crippen LogP contribution in [0.4, 0.5) is 5.69 Å². The fourth-order valence-corrected chi connectivity index (χ4v) is 6.77. The molecule has 1 atom stereocenters. The van der Waals surface area contributed by atoms with Gasteiger partial charge in [0, 0.05) is 24.6 Å². The van der Waals surface area contributed by atoms with Crippen LogP contribution in [0.25, 0.3) is 0 Å². The predicted molar refractivity (Wildman–Crippen MR) is 189 cm³/mol. The van der Waals surface area contributed by atoms with E-state index in [1.54, 1.807) is 24.3 Å². The summed E-state index contributed by atoms with van der Waals surface area (Å²) in [5.41, 5.74) is 3.18. The molecule has 0 bridgehead atoms. The van der Waals surface area contributed by atoms with Crippen LogP contribution in [-0.2, 0) is 32.6 Å². The van der Waals surface area contributed by atoms with Crippen LogP contribution in [0.3, 0.4) is 0 Å². The smallest absolute Gasteiger partial charge is 0.264 e. The normalized spacial score (nSPS) is 12.1. The highest BCUT2D eigenvalue weighted by Gasteiger charge is 2.36. The first-order valence-corrected chi connectivity index (χ1v) is 17.2. The van der Waals surface area contributed by atoms with E-state index in [0.29, 0.717) is 11.5 Å². The van der Waals surface area contributed by atoms with Crippen LogP contribution in [0.15, 0.2) is 102 Å². The van der Waals surface area contributed by atoms with Gasteiger partial charge in [-0.3, -0.25) is 13.9 Å². The third-order valence-electron chi connectivity index (χ3n) is 7.75. The number of ether oxygens (including phenoxy) is 2. The molecule has 48 heavy (non-hydrogen) atoms. The molecule has 4 rings (SSSR count). The molecule has 0 heterocycles. The van der Waals surface area contributed by atoms with Crippen LogP contribution in [0.5, 0.6) is 11.5 Å². The zero-order valence-electron chi connectivity index (χ0n) is 28.7. The van der Waals surface area contributed by atoms with E-state index in [-0.39, 0.29) is 29.5 Å². The summed E-state index contributed by atoms with van der Waals surface area (Å²) in [6.07, 6.45) is 0.224. The van der Waals surface area contributed by atoms with Gasteiger partial charge in [0.15, 0.2) is 11.5 Å². The standard InChI is InChI=1S/C38H45N3O6S/c1-27-16-19-32(20-17-27)48(44,45)41(31-18-21-34(46-6)35(24-31)47-7)26-36(42)40(25-30-15-11-12-28(2)22-30)33(37(43)39-38(3,4)5)23-29-13-9-8-10-14-29/h8-22,24,33H,23,25-26H2,1-7H3,(H,39,43)/t33-/m1/s1. The summed E-state index contributed by atoms with van der Waals surface area (Å²) < 4.78 is 40.6. The third-order valence-corrected chi connectivity index (χ3v) is 9.54. The molecule has 0 spiro atoms. The lowest BCUT2D eigenvalue weighted by Gasteiger charge is -2.35. The lowest BCUT2D eigenvalue weighted by atomic mass is 10.0. The van der Waals surface area contributed by atoms with Crippen molar-refractivity contribution in [3.05, 3.63) is 119 Å². The Balaban J connectivity index is 1.86. The Labute approximate surface area is 284 Å². The van der Waals surface area contributed by atoms with E-state index in [9.17, 15) is 18.0 Å². The van der Waals surface area contributed by atoms with Gasteiger partial charge in [0.1, 0.15) is 12.6 Å². The SMILES string of the molecule is COc1ccc(N(CC(=O)N(Cc2cccc(C)c2)[C@H](Cc2ccccc2)C(=O)NC(C)(C)C)S(=O)(=O)c2ccc(C)cc2)cc1OC. The number of aryl methyl sites for hydroxylation is 2. The number of carbonyl (C=O) groups is 2. The first kappa shape index (κ1) is 36.0. The van der Waals surface area contributed by atoms with Gasteiger partial charge < -0.3 is 19.7 Å². The molecule has 0 aromatic heterocycles. The lowest BCUT2D eigenvalue weighted by molar-refractivity contribution is -0.140. The van der Waals surface area contributed by atoms with Crippen LogP contribution in [0.2, 0.25) is 0 Å². The zero-order chi connectivity index (χ0) is 35.1. The quantitative estimate of drug-likeness (QED) is 0.185. The Kier molecular flexibility index (Phi) is 11.5. The van der Waals surface area contributed by atoms with Gasteiger partial charge in [0.25, 0.3) is 10.0 Å². The van der Waals surface area contributed by atoms with Crippen molar-refractivity contribution in [3.8, 4) is 11.5 Å². The number of nitrogens with one attached hydrogen (secondary N) is 1. The molecule has 4 aromatic rings. The molecule has 0 fully saturated rings. The molecule has 0 aliphatic rings. The van der Waals surface area contributed by atoms with Crippen molar-refractivity contribution < 1.29 is 27.5 Å². The number of rotatable bonds is 13. The number of methoxy groups -OCH3 is 2. The van der Waals surface area contributed by atoms with E-state index >= 15 is 0 Å². The summed E-state index contributed by atoms with van der Waals surface area (Å²) in [5, 5.41) is 3.05. The molecule has 0 aliphatic carbocycles. The number of hydrogen-bond acceptors (Lipinski definition) is 6.